The Hall–Kier alpha value is -6.60. The number of nitro groups is 1. The van der Waals surface area contributed by atoms with E-state index >= 15 is 4.79 Å². The normalized spacial score (nSPS) is 22.0. The average molecular weight is 962 g/mol. The monoisotopic (exact) mass is 961 g/mol. The Balaban J connectivity index is 1.37. The molecular weight excluding hydrogens is 895 g/mol. The van der Waals surface area contributed by atoms with Crippen molar-refractivity contribution in [1.82, 2.24) is 4.90 Å². The van der Waals surface area contributed by atoms with Gasteiger partial charge in [-0.2, -0.15) is 0 Å². The van der Waals surface area contributed by atoms with Crippen molar-refractivity contribution >= 4 is 34.2 Å². The summed E-state index contributed by atoms with van der Waals surface area (Å²) in [6, 6.07) is 31.5. The first-order valence-corrected chi connectivity index (χ1v) is 24.9. The Morgan fingerprint density at radius 2 is 1.63 bits per heavy atom. The molecule has 12 heteroatoms. The van der Waals surface area contributed by atoms with Gasteiger partial charge < -0.3 is 34.2 Å². The van der Waals surface area contributed by atoms with Gasteiger partial charge in [-0.05, 0) is 159 Å². The Bertz CT molecular complexity index is 2810. The van der Waals surface area contributed by atoms with Gasteiger partial charge in [0, 0.05) is 55.9 Å². The van der Waals surface area contributed by atoms with E-state index in [1.165, 1.54) is 23.8 Å². The van der Waals surface area contributed by atoms with E-state index in [1.807, 2.05) is 74.2 Å². The molecule has 8 rings (SSSR count). The number of aliphatic hydroxyl groups excluding tert-OH is 2. The highest BCUT2D eigenvalue weighted by Gasteiger charge is 2.65. The topological polar surface area (TPSA) is 153 Å². The van der Waals surface area contributed by atoms with E-state index < -0.39 is 28.3 Å². The minimum atomic E-state index is -1.51. The summed E-state index contributed by atoms with van der Waals surface area (Å²) in [5, 5.41) is 38.7. The Kier molecular flexibility index (Phi) is 15.9. The number of unbranched alkanes of at least 4 members (excludes halogenated alkanes) is 2. The number of hydrogen-bond acceptors (Lipinski definition) is 10. The molecule has 71 heavy (non-hydrogen) atoms. The summed E-state index contributed by atoms with van der Waals surface area (Å²) in [6.45, 7) is 14.5. The lowest BCUT2D eigenvalue weighted by Crippen LogP contribution is -2.70. The van der Waals surface area contributed by atoms with Crippen LogP contribution >= 0.6 is 0 Å². The molecule has 0 unspecified atom stereocenters. The van der Waals surface area contributed by atoms with Gasteiger partial charge >= 0.3 is 0 Å². The van der Waals surface area contributed by atoms with Gasteiger partial charge in [0.15, 0.2) is 0 Å². The molecule has 5 aromatic carbocycles. The van der Waals surface area contributed by atoms with Crippen LogP contribution in [0, 0.1) is 41.7 Å². The molecule has 5 aromatic rings. The first-order valence-electron chi connectivity index (χ1n) is 24.9. The van der Waals surface area contributed by atoms with Gasteiger partial charge in [0.05, 0.1) is 23.2 Å². The van der Waals surface area contributed by atoms with Crippen LogP contribution in [0.5, 0.6) is 17.2 Å². The lowest BCUT2D eigenvalue weighted by atomic mass is 9.55. The molecule has 0 radical (unpaired) electrons. The Morgan fingerprint density at radius 3 is 2.35 bits per heavy atom. The number of ether oxygens (including phenoxy) is 3. The number of nitrogens with zero attached hydrogens (tertiary/aromatic N) is 3. The highest BCUT2D eigenvalue weighted by molar-refractivity contribution is 6.03. The van der Waals surface area contributed by atoms with Crippen LogP contribution < -0.4 is 9.47 Å². The number of nitro benzene ring substituents is 1. The molecule has 0 saturated heterocycles. The molecule has 1 amide bonds. The summed E-state index contributed by atoms with van der Waals surface area (Å²) >= 11 is 0. The highest BCUT2D eigenvalue weighted by atomic mass is 16.7. The quantitative estimate of drug-likeness (QED) is 0.0255. The fraction of sp³-hybridized carbons (Fsp3) is 0.390. The largest absolute Gasteiger partial charge is 0.459 e. The van der Waals surface area contributed by atoms with Crippen molar-refractivity contribution in [2.45, 2.75) is 109 Å². The van der Waals surface area contributed by atoms with Crippen LogP contribution in [0.1, 0.15) is 99.5 Å². The van der Waals surface area contributed by atoms with Crippen molar-refractivity contribution in [3.63, 3.8) is 0 Å². The van der Waals surface area contributed by atoms with Crippen LogP contribution in [-0.4, -0.2) is 68.9 Å². The van der Waals surface area contributed by atoms with E-state index in [0.29, 0.717) is 35.6 Å². The molecule has 1 heterocycles. The molecule has 372 valence electrons. The van der Waals surface area contributed by atoms with Gasteiger partial charge in [0.25, 0.3) is 5.69 Å². The van der Waals surface area contributed by atoms with Crippen LogP contribution in [0.3, 0.4) is 0 Å². The van der Waals surface area contributed by atoms with Crippen molar-refractivity contribution in [3.8, 4) is 17.2 Å². The maximum absolute atomic E-state index is 15.5. The lowest BCUT2D eigenvalue weighted by Gasteiger charge is -2.60. The van der Waals surface area contributed by atoms with Crippen molar-refractivity contribution in [1.29, 1.82) is 0 Å². The van der Waals surface area contributed by atoms with Crippen molar-refractivity contribution in [2.75, 3.05) is 19.8 Å². The molecule has 3 aliphatic rings. The molecule has 0 spiro atoms. The van der Waals surface area contributed by atoms with Crippen LogP contribution in [0.4, 0.5) is 5.69 Å². The fourth-order valence-electron chi connectivity index (χ4n) is 10.7. The van der Waals surface area contributed by atoms with Crippen LogP contribution in [0.15, 0.2) is 139 Å². The van der Waals surface area contributed by atoms with E-state index in [-0.39, 0.29) is 62.1 Å². The second kappa shape index (κ2) is 22.2. The highest BCUT2D eigenvalue weighted by Crippen LogP contribution is 2.62. The summed E-state index contributed by atoms with van der Waals surface area (Å²) in [6.07, 6.45) is 11.9. The van der Waals surface area contributed by atoms with E-state index in [1.54, 1.807) is 24.3 Å². The third kappa shape index (κ3) is 11.3. The van der Waals surface area contributed by atoms with E-state index in [2.05, 4.69) is 56.8 Å². The van der Waals surface area contributed by atoms with Crippen LogP contribution in [-0.2, 0) is 20.9 Å². The second-order valence-electron chi connectivity index (χ2n) is 20.1. The number of carbonyl (C=O) groups is 1. The number of amides is 1. The van der Waals surface area contributed by atoms with E-state index in [4.69, 9.17) is 24.2 Å². The van der Waals surface area contributed by atoms with Gasteiger partial charge in [0.2, 0.25) is 11.7 Å². The number of oxime groups is 1. The first kappa shape index (κ1) is 50.8. The van der Waals surface area contributed by atoms with Gasteiger partial charge in [-0.3, -0.25) is 14.9 Å². The fourth-order valence-corrected chi connectivity index (χ4v) is 10.7. The predicted octanol–water partition coefficient (Wildman–Crippen LogP) is 12.3. The van der Waals surface area contributed by atoms with Gasteiger partial charge in [-0.1, -0.05) is 78.7 Å². The molecule has 1 fully saturated rings. The zero-order valence-corrected chi connectivity index (χ0v) is 41.6. The third-order valence-corrected chi connectivity index (χ3v) is 14.2. The average Bonchev–Trinajstić information content (AvgIpc) is 3.35. The van der Waals surface area contributed by atoms with Gasteiger partial charge in [-0.25, -0.2) is 0 Å². The molecule has 12 nitrogen and oxygen atoms in total. The summed E-state index contributed by atoms with van der Waals surface area (Å²) in [5.41, 5.74) is 5.68. The molecule has 0 bridgehead atoms. The number of benzene rings is 5. The van der Waals surface area contributed by atoms with Crippen LogP contribution in [0.2, 0.25) is 0 Å². The maximum atomic E-state index is 15.5. The number of fused-ring (bicyclic) bond motifs is 3. The van der Waals surface area contributed by atoms with Crippen LogP contribution in [0.25, 0.3) is 16.8 Å². The molecular formula is C59H67N3O9. The lowest BCUT2D eigenvalue weighted by molar-refractivity contribution is -0.384. The van der Waals surface area contributed by atoms with E-state index in [0.717, 1.165) is 64.5 Å². The SMILES string of the molecule is C=CCO[C@@]12Oc3ccc(Oc4ccc(C)c(C)c4)cc3[C@H]3[C@H](CCCCO)[C@@H](CCCCO)C=C(C(=NOC(C)(C)C)C[C@@H]1N(Cc1cccc4ccccc14)C(=O)C=Cc1ccc([N+](=O)[O-])cc1)[C@H]32. The summed E-state index contributed by atoms with van der Waals surface area (Å²) in [7, 11) is 0. The number of rotatable bonds is 20. The number of hydrogen-bond donors (Lipinski definition) is 2. The summed E-state index contributed by atoms with van der Waals surface area (Å²) in [5.74, 6) is -0.617. The third-order valence-electron chi connectivity index (χ3n) is 14.2. The standard InChI is InChI=1S/C59H67N3O9/c1-7-33-68-59-54(61(38-44-18-14-17-42-15-8-9-19-48(42)44)55(65)30-24-41-22-25-45(26-23-41)62(66)67)37-52(60-71-58(4,5)6)50-35-43(16-10-12-31-63)49(20-11-13-32-64)56(57(50)59)51-36-47(28-29-53(51)70-59)69-46-27-21-39(2)40(3)34-46/h7-9,14-15,17-19,21-30,34-36,43,49,54,56-57,63-64H,1,10-13,16,20,31-33,37-38H2,2-6H3/t43-,49+,54-,56+,57+,59+/m0/s1. The molecule has 0 aromatic heterocycles. The molecule has 6 atom stereocenters. The predicted molar refractivity (Wildman–Crippen MR) is 278 cm³/mol. The minimum absolute atomic E-state index is 0.00741. The molecule has 2 N–H and O–H groups in total. The zero-order valence-electron chi connectivity index (χ0n) is 41.6. The number of aliphatic hydroxyl groups is 2. The zero-order chi connectivity index (χ0) is 50.3. The van der Waals surface area contributed by atoms with Crippen molar-refractivity contribution in [3.05, 3.63) is 171 Å². The van der Waals surface area contributed by atoms with Gasteiger partial charge in [-0.15, -0.1) is 6.58 Å². The smallest absolute Gasteiger partial charge is 0.269 e. The first-order chi connectivity index (χ1) is 34.2. The van der Waals surface area contributed by atoms with E-state index in [9.17, 15) is 20.3 Å². The molecule has 1 aliphatic heterocycles. The number of non-ortho nitro benzene ring substituents is 1. The van der Waals surface area contributed by atoms with Crippen molar-refractivity contribution < 1.29 is 39.0 Å². The Morgan fingerprint density at radius 1 is 0.915 bits per heavy atom. The Labute approximate surface area is 417 Å². The maximum Gasteiger partial charge on any atom is 0.269 e. The summed E-state index contributed by atoms with van der Waals surface area (Å²) < 4.78 is 21.5. The number of carbonyl (C=O) groups excluding carboxylic acids is 1. The summed E-state index contributed by atoms with van der Waals surface area (Å²) in [4.78, 5) is 34.8. The second-order valence-corrected chi connectivity index (χ2v) is 20.1. The van der Waals surface area contributed by atoms with Crippen molar-refractivity contribution in [2.24, 2.45) is 22.9 Å². The minimum Gasteiger partial charge on any atom is -0.459 e. The number of aryl methyl sites for hydroxylation is 2. The molecule has 1 saturated carbocycles. The van der Waals surface area contributed by atoms with Gasteiger partial charge in [0.1, 0.15) is 28.9 Å². The molecule has 2 aliphatic carbocycles. The number of allylic oxidation sites excluding steroid dienone is 1.